The number of hydrogen-bond donors (Lipinski definition) is 0. The third-order valence-electron chi connectivity index (χ3n) is 4.73. The molecule has 178 valence electrons. The molecule has 0 bridgehead atoms. The Labute approximate surface area is 191 Å². The SMILES string of the molecule is CC(=O)O[C@H]1C[C@H](OC(=O)c2ccc([N+](=O)[O-])cc2)[C@@H](COC(=O)c2ccc([N+](=O)[O-])cc2)O1. The molecule has 1 saturated heterocycles. The van der Waals surface area contributed by atoms with E-state index in [-0.39, 0.29) is 35.5 Å². The molecule has 0 spiro atoms. The van der Waals surface area contributed by atoms with Crippen LogP contribution in [0.25, 0.3) is 0 Å². The quantitative estimate of drug-likeness (QED) is 0.238. The van der Waals surface area contributed by atoms with Crippen molar-refractivity contribution in [3.05, 3.63) is 79.9 Å². The molecule has 34 heavy (non-hydrogen) atoms. The van der Waals surface area contributed by atoms with Crippen LogP contribution in [0.2, 0.25) is 0 Å². The third-order valence-corrected chi connectivity index (χ3v) is 4.73. The van der Waals surface area contributed by atoms with E-state index in [1.54, 1.807) is 0 Å². The molecule has 0 saturated carbocycles. The Morgan fingerprint density at radius 1 is 0.882 bits per heavy atom. The first-order chi connectivity index (χ1) is 16.1. The first kappa shape index (κ1) is 24.3. The summed E-state index contributed by atoms with van der Waals surface area (Å²) in [5.41, 5.74) is -0.299. The summed E-state index contributed by atoms with van der Waals surface area (Å²) in [5.74, 6) is -2.23. The molecule has 2 aromatic rings. The van der Waals surface area contributed by atoms with E-state index in [4.69, 9.17) is 18.9 Å². The van der Waals surface area contributed by atoms with Gasteiger partial charge in [-0.15, -0.1) is 0 Å². The number of non-ortho nitro benzene ring substituents is 2. The van der Waals surface area contributed by atoms with E-state index < -0.39 is 46.3 Å². The number of nitrogens with zero attached hydrogens (tertiary/aromatic N) is 2. The van der Waals surface area contributed by atoms with Crippen LogP contribution in [0.4, 0.5) is 11.4 Å². The van der Waals surface area contributed by atoms with Crippen LogP contribution >= 0.6 is 0 Å². The van der Waals surface area contributed by atoms with Crippen molar-refractivity contribution in [2.45, 2.75) is 31.8 Å². The average Bonchev–Trinajstić information content (AvgIpc) is 3.17. The van der Waals surface area contributed by atoms with E-state index in [2.05, 4.69) is 0 Å². The summed E-state index contributed by atoms with van der Waals surface area (Å²) in [7, 11) is 0. The van der Waals surface area contributed by atoms with Crippen molar-refractivity contribution in [3.8, 4) is 0 Å². The van der Waals surface area contributed by atoms with Gasteiger partial charge in [0, 0.05) is 31.2 Å². The van der Waals surface area contributed by atoms with E-state index in [0.717, 1.165) is 24.3 Å². The maximum absolute atomic E-state index is 12.5. The molecule has 0 N–H and O–H groups in total. The van der Waals surface area contributed by atoms with E-state index in [1.165, 1.54) is 31.2 Å². The molecule has 0 amide bonds. The zero-order valence-electron chi connectivity index (χ0n) is 17.7. The minimum absolute atomic E-state index is 0.0297. The lowest BCUT2D eigenvalue weighted by molar-refractivity contribution is -0.385. The van der Waals surface area contributed by atoms with Gasteiger partial charge >= 0.3 is 17.9 Å². The highest BCUT2D eigenvalue weighted by molar-refractivity contribution is 5.90. The Morgan fingerprint density at radius 2 is 1.38 bits per heavy atom. The molecule has 1 aliphatic heterocycles. The monoisotopic (exact) mass is 474 g/mol. The first-order valence-corrected chi connectivity index (χ1v) is 9.83. The van der Waals surface area contributed by atoms with Crippen LogP contribution in [0, 0.1) is 20.2 Å². The summed E-state index contributed by atoms with van der Waals surface area (Å²) in [5, 5.41) is 21.5. The van der Waals surface area contributed by atoms with Gasteiger partial charge in [0.15, 0.2) is 0 Å². The van der Waals surface area contributed by atoms with Gasteiger partial charge in [0.25, 0.3) is 11.4 Å². The summed E-state index contributed by atoms with van der Waals surface area (Å²) < 4.78 is 21.1. The highest BCUT2D eigenvalue weighted by Gasteiger charge is 2.40. The van der Waals surface area contributed by atoms with E-state index in [0.29, 0.717) is 0 Å². The number of benzene rings is 2. The molecule has 1 heterocycles. The largest absolute Gasteiger partial charge is 0.459 e. The molecule has 0 aromatic heterocycles. The predicted molar refractivity (Wildman–Crippen MR) is 111 cm³/mol. The van der Waals surface area contributed by atoms with Crippen molar-refractivity contribution in [1.29, 1.82) is 0 Å². The van der Waals surface area contributed by atoms with Gasteiger partial charge in [-0.2, -0.15) is 0 Å². The van der Waals surface area contributed by atoms with E-state index >= 15 is 0 Å². The summed E-state index contributed by atoms with van der Waals surface area (Å²) in [6.45, 7) is 0.801. The van der Waals surface area contributed by atoms with Gasteiger partial charge in [-0.25, -0.2) is 9.59 Å². The molecular weight excluding hydrogens is 456 g/mol. The van der Waals surface area contributed by atoms with Crippen molar-refractivity contribution in [1.82, 2.24) is 0 Å². The molecular formula is C21H18N2O11. The lowest BCUT2D eigenvalue weighted by Crippen LogP contribution is -2.32. The topological polar surface area (TPSA) is 174 Å². The van der Waals surface area contributed by atoms with Gasteiger partial charge in [-0.3, -0.25) is 25.0 Å². The lowest BCUT2D eigenvalue weighted by Gasteiger charge is -2.18. The van der Waals surface area contributed by atoms with Crippen LogP contribution in [0.3, 0.4) is 0 Å². The van der Waals surface area contributed by atoms with Crippen LogP contribution in [-0.4, -0.2) is 52.9 Å². The number of hydrogen-bond acceptors (Lipinski definition) is 11. The van der Waals surface area contributed by atoms with Gasteiger partial charge in [0.05, 0.1) is 27.4 Å². The van der Waals surface area contributed by atoms with Crippen LogP contribution in [0.5, 0.6) is 0 Å². The summed E-state index contributed by atoms with van der Waals surface area (Å²) in [6.07, 6.45) is -3.02. The van der Waals surface area contributed by atoms with E-state index in [9.17, 15) is 34.6 Å². The van der Waals surface area contributed by atoms with Gasteiger partial charge in [0.1, 0.15) is 18.8 Å². The smallest absolute Gasteiger partial charge is 0.338 e. The lowest BCUT2D eigenvalue weighted by atomic mass is 10.1. The molecule has 0 unspecified atom stereocenters. The molecule has 3 atom stereocenters. The third kappa shape index (κ3) is 6.10. The Kier molecular flexibility index (Phi) is 7.48. The number of nitro benzene ring substituents is 2. The van der Waals surface area contributed by atoms with Crippen molar-refractivity contribution < 1.29 is 43.2 Å². The molecule has 3 rings (SSSR count). The van der Waals surface area contributed by atoms with Crippen molar-refractivity contribution in [3.63, 3.8) is 0 Å². The zero-order valence-corrected chi connectivity index (χ0v) is 17.7. The summed E-state index contributed by atoms with van der Waals surface area (Å²) >= 11 is 0. The highest BCUT2D eigenvalue weighted by Crippen LogP contribution is 2.26. The number of ether oxygens (including phenoxy) is 4. The van der Waals surface area contributed by atoms with Crippen LogP contribution in [-0.2, 0) is 23.7 Å². The Hall–Kier alpha value is -4.39. The van der Waals surface area contributed by atoms with Crippen molar-refractivity contribution in [2.24, 2.45) is 0 Å². The standard InChI is InChI=1S/C21H18N2O11/c1-12(24)32-19-10-17(34-21(26)14-4-8-16(9-5-14)23(29)30)18(33-19)11-31-20(25)13-2-6-15(7-3-13)22(27)28/h2-9,17-19H,10-11H2,1H3/t17-,18+,19+/m0/s1. The van der Waals surface area contributed by atoms with Gasteiger partial charge in [0.2, 0.25) is 6.29 Å². The first-order valence-electron chi connectivity index (χ1n) is 9.83. The van der Waals surface area contributed by atoms with Crippen molar-refractivity contribution >= 4 is 29.3 Å². The van der Waals surface area contributed by atoms with Crippen molar-refractivity contribution in [2.75, 3.05) is 6.61 Å². The average molecular weight is 474 g/mol. The van der Waals surface area contributed by atoms with Crippen LogP contribution in [0.1, 0.15) is 34.1 Å². The zero-order chi connectivity index (χ0) is 24.8. The van der Waals surface area contributed by atoms with E-state index in [1.807, 2.05) is 0 Å². The number of esters is 3. The molecule has 0 radical (unpaired) electrons. The predicted octanol–water partition coefficient (Wildman–Crippen LogP) is 2.56. The fourth-order valence-electron chi connectivity index (χ4n) is 3.10. The molecule has 1 fully saturated rings. The Bertz CT molecular complexity index is 1100. The fourth-order valence-corrected chi connectivity index (χ4v) is 3.10. The normalized spacial score (nSPS) is 19.1. The molecule has 2 aromatic carbocycles. The number of carbonyl (C=O) groups is 3. The van der Waals surface area contributed by atoms with Gasteiger partial charge in [-0.05, 0) is 24.3 Å². The Balaban J connectivity index is 1.65. The van der Waals surface area contributed by atoms with Gasteiger partial charge < -0.3 is 18.9 Å². The molecule has 13 nitrogen and oxygen atoms in total. The minimum Gasteiger partial charge on any atom is -0.459 e. The number of nitro groups is 2. The Morgan fingerprint density at radius 3 is 1.85 bits per heavy atom. The van der Waals surface area contributed by atoms with Crippen LogP contribution in [0.15, 0.2) is 48.5 Å². The number of rotatable bonds is 8. The second kappa shape index (κ2) is 10.5. The summed E-state index contributed by atoms with van der Waals surface area (Å²) in [6, 6.07) is 9.49. The molecule has 13 heteroatoms. The van der Waals surface area contributed by atoms with Crippen LogP contribution < -0.4 is 0 Å². The maximum atomic E-state index is 12.5. The molecule has 0 aliphatic carbocycles. The minimum atomic E-state index is -1.05. The van der Waals surface area contributed by atoms with Gasteiger partial charge in [-0.1, -0.05) is 0 Å². The second-order valence-electron chi connectivity index (χ2n) is 7.10. The fraction of sp³-hybridized carbons (Fsp3) is 0.286. The molecule has 1 aliphatic rings. The maximum Gasteiger partial charge on any atom is 0.338 e. The highest BCUT2D eigenvalue weighted by atomic mass is 16.7. The summed E-state index contributed by atoms with van der Waals surface area (Å²) in [4.78, 5) is 56.3. The second-order valence-corrected chi connectivity index (χ2v) is 7.10. The number of carbonyl (C=O) groups excluding carboxylic acids is 3.